The van der Waals surface area contributed by atoms with E-state index in [9.17, 15) is 4.79 Å². The zero-order valence-corrected chi connectivity index (χ0v) is 8.56. The van der Waals surface area contributed by atoms with E-state index >= 15 is 0 Å². The van der Waals surface area contributed by atoms with E-state index in [-0.39, 0.29) is 22.7 Å². The molecule has 0 aliphatic rings. The lowest BCUT2D eigenvalue weighted by Gasteiger charge is -2.01. The molecule has 4 heteroatoms. The van der Waals surface area contributed by atoms with E-state index in [2.05, 4.69) is 9.69 Å². The Morgan fingerprint density at radius 3 is 2.44 bits per heavy atom. The molecule has 0 bridgehead atoms. The van der Waals surface area contributed by atoms with Gasteiger partial charge in [-0.15, -0.1) is 0 Å². The van der Waals surface area contributed by atoms with Crippen molar-refractivity contribution < 1.29 is 9.90 Å². The topological polar surface area (TPSA) is 46.0 Å². The predicted molar refractivity (Wildman–Crippen MR) is 59.7 cm³/mol. The van der Waals surface area contributed by atoms with Crippen molar-refractivity contribution in [1.29, 1.82) is 0 Å². The fraction of sp³-hybridized carbons (Fsp3) is 0.0833. The monoisotopic (exact) mass is 212 g/mol. The lowest BCUT2D eigenvalue weighted by atomic mass is 10.0. The molecule has 0 amide bonds. The van der Waals surface area contributed by atoms with Crippen molar-refractivity contribution in [3.8, 4) is 0 Å². The van der Waals surface area contributed by atoms with Crippen LogP contribution in [0.5, 0.6) is 0 Å². The lowest BCUT2D eigenvalue weighted by molar-refractivity contribution is 0.103. The van der Waals surface area contributed by atoms with Crippen LogP contribution in [0.2, 0.25) is 0 Å². The van der Waals surface area contributed by atoms with Crippen LogP contribution < -0.4 is 0 Å². The third kappa shape index (κ3) is 2.08. The summed E-state index contributed by atoms with van der Waals surface area (Å²) in [6, 6.07) is 4.26. The van der Waals surface area contributed by atoms with Gasteiger partial charge in [-0.2, -0.15) is 0 Å². The summed E-state index contributed by atoms with van der Waals surface area (Å²) in [7, 11) is 0. The van der Waals surface area contributed by atoms with Crippen molar-refractivity contribution in [2.24, 2.45) is 0 Å². The summed E-state index contributed by atoms with van der Waals surface area (Å²) in [5.41, 5.74) is 0.844. The molecule has 0 atom stereocenters. The first-order valence-electron chi connectivity index (χ1n) is 4.38. The highest BCUT2D eigenvalue weighted by Gasteiger charge is 2.11. The standard InChI is InChI=1S/C12H8N2O2/c1-8(7-15)12(16)9-4-5-10(13-2)11(6-9)14-3/h4-7,15H,1H3/b8-7+. The zero-order valence-electron chi connectivity index (χ0n) is 8.56. The average molecular weight is 212 g/mol. The van der Waals surface area contributed by atoms with Crippen molar-refractivity contribution >= 4 is 17.2 Å². The van der Waals surface area contributed by atoms with Gasteiger partial charge in [0.15, 0.2) is 17.2 Å². The summed E-state index contributed by atoms with van der Waals surface area (Å²) in [6.45, 7) is 15.2. The molecule has 1 aromatic rings. The quantitative estimate of drug-likeness (QED) is 0.353. The molecule has 1 N–H and O–H groups in total. The molecular weight excluding hydrogens is 204 g/mol. The Kier molecular flexibility index (Phi) is 3.42. The molecule has 0 unspecified atom stereocenters. The summed E-state index contributed by atoms with van der Waals surface area (Å²) >= 11 is 0. The van der Waals surface area contributed by atoms with Gasteiger partial charge < -0.3 is 5.11 Å². The van der Waals surface area contributed by atoms with Gasteiger partial charge in [0.05, 0.1) is 19.4 Å². The van der Waals surface area contributed by atoms with Crippen LogP contribution in [-0.4, -0.2) is 10.9 Å². The number of Topliss-reactive ketones (excluding diaryl/α,β-unsaturated/α-hetero) is 1. The third-order valence-corrected chi connectivity index (χ3v) is 2.03. The van der Waals surface area contributed by atoms with Gasteiger partial charge in [0.1, 0.15) is 0 Å². The zero-order chi connectivity index (χ0) is 12.1. The minimum atomic E-state index is -0.357. The predicted octanol–water partition coefficient (Wildman–Crippen LogP) is 3.43. The van der Waals surface area contributed by atoms with Crippen molar-refractivity contribution in [2.45, 2.75) is 6.92 Å². The van der Waals surface area contributed by atoms with Gasteiger partial charge >= 0.3 is 0 Å². The van der Waals surface area contributed by atoms with Crippen LogP contribution in [0.4, 0.5) is 11.4 Å². The smallest absolute Gasteiger partial charge is 0.195 e. The Balaban J connectivity index is 3.26. The summed E-state index contributed by atoms with van der Waals surface area (Å²) in [6.07, 6.45) is 0.725. The Labute approximate surface area is 93.1 Å². The van der Waals surface area contributed by atoms with Crippen LogP contribution in [-0.2, 0) is 0 Å². The second-order valence-corrected chi connectivity index (χ2v) is 3.07. The molecule has 78 valence electrons. The highest BCUT2D eigenvalue weighted by molar-refractivity contribution is 6.09. The van der Waals surface area contributed by atoms with Crippen LogP contribution in [0.3, 0.4) is 0 Å². The lowest BCUT2D eigenvalue weighted by Crippen LogP contribution is -1.99. The van der Waals surface area contributed by atoms with Crippen LogP contribution in [0, 0.1) is 13.1 Å². The molecule has 0 spiro atoms. The highest BCUT2D eigenvalue weighted by atomic mass is 16.2. The van der Waals surface area contributed by atoms with Crippen molar-refractivity contribution in [1.82, 2.24) is 0 Å². The van der Waals surface area contributed by atoms with Crippen molar-refractivity contribution in [3.63, 3.8) is 0 Å². The van der Waals surface area contributed by atoms with Crippen molar-refractivity contribution in [2.75, 3.05) is 0 Å². The van der Waals surface area contributed by atoms with Crippen LogP contribution in [0.25, 0.3) is 9.69 Å². The van der Waals surface area contributed by atoms with E-state index < -0.39 is 0 Å². The molecule has 1 aromatic carbocycles. The van der Waals surface area contributed by atoms with E-state index in [0.29, 0.717) is 5.56 Å². The Morgan fingerprint density at radius 2 is 1.94 bits per heavy atom. The number of aliphatic hydroxyl groups is 1. The normalized spacial score (nSPS) is 10.3. The number of allylic oxidation sites excluding steroid dienone is 1. The molecule has 4 nitrogen and oxygen atoms in total. The third-order valence-electron chi connectivity index (χ3n) is 2.03. The molecule has 0 saturated heterocycles. The first-order chi connectivity index (χ1) is 7.63. The molecule has 0 heterocycles. The van der Waals surface area contributed by atoms with Gasteiger partial charge in [0, 0.05) is 11.1 Å². The van der Waals surface area contributed by atoms with E-state index in [1.54, 1.807) is 0 Å². The number of ketones is 1. The minimum absolute atomic E-state index is 0.145. The molecule has 0 saturated carbocycles. The van der Waals surface area contributed by atoms with E-state index in [1.165, 1.54) is 25.1 Å². The van der Waals surface area contributed by atoms with Crippen LogP contribution in [0.15, 0.2) is 30.0 Å². The maximum absolute atomic E-state index is 11.6. The van der Waals surface area contributed by atoms with Gasteiger partial charge in [0.25, 0.3) is 0 Å². The van der Waals surface area contributed by atoms with Gasteiger partial charge in [-0.25, -0.2) is 0 Å². The number of hydrogen-bond acceptors (Lipinski definition) is 2. The van der Waals surface area contributed by atoms with E-state index in [0.717, 1.165) is 6.26 Å². The molecule has 0 aromatic heterocycles. The first-order valence-corrected chi connectivity index (χ1v) is 4.38. The van der Waals surface area contributed by atoms with E-state index in [4.69, 9.17) is 18.3 Å². The van der Waals surface area contributed by atoms with Gasteiger partial charge in [-0.05, 0) is 6.92 Å². The minimum Gasteiger partial charge on any atom is -0.515 e. The fourth-order valence-corrected chi connectivity index (χ4v) is 1.14. The Hall–Kier alpha value is -2.59. The molecule has 0 aliphatic heterocycles. The van der Waals surface area contributed by atoms with Crippen LogP contribution in [0.1, 0.15) is 17.3 Å². The molecule has 1 rings (SSSR count). The molecular formula is C12H8N2O2. The van der Waals surface area contributed by atoms with Gasteiger partial charge in [-0.1, -0.05) is 18.2 Å². The molecule has 16 heavy (non-hydrogen) atoms. The largest absolute Gasteiger partial charge is 0.515 e. The van der Waals surface area contributed by atoms with Crippen molar-refractivity contribution in [3.05, 3.63) is 58.4 Å². The van der Waals surface area contributed by atoms with Crippen LogP contribution >= 0.6 is 0 Å². The Morgan fingerprint density at radius 1 is 1.31 bits per heavy atom. The SMILES string of the molecule is [C-]#[N+]c1ccc(C(=O)/C(C)=C/O)cc1[N+]#[C-]. The molecule has 0 fully saturated rings. The number of benzene rings is 1. The fourth-order valence-electron chi connectivity index (χ4n) is 1.14. The number of aliphatic hydroxyl groups excluding tert-OH is 1. The second kappa shape index (κ2) is 4.77. The number of carbonyl (C=O) groups is 1. The second-order valence-electron chi connectivity index (χ2n) is 3.07. The Bertz CT molecular complexity index is 545. The summed E-state index contributed by atoms with van der Waals surface area (Å²) in [5.74, 6) is -0.357. The average Bonchev–Trinajstić information content (AvgIpc) is 2.35. The van der Waals surface area contributed by atoms with E-state index in [1.807, 2.05) is 0 Å². The maximum Gasteiger partial charge on any atom is 0.195 e. The number of hydrogen-bond donors (Lipinski definition) is 1. The molecule has 0 aliphatic carbocycles. The number of rotatable bonds is 2. The summed E-state index contributed by atoms with van der Waals surface area (Å²) in [4.78, 5) is 18.0. The van der Waals surface area contributed by atoms with Gasteiger partial charge in [0.2, 0.25) is 0 Å². The van der Waals surface area contributed by atoms with Gasteiger partial charge in [-0.3, -0.25) is 14.5 Å². The summed E-state index contributed by atoms with van der Waals surface area (Å²) < 4.78 is 0. The number of nitrogens with zero attached hydrogens (tertiary/aromatic N) is 2. The molecule has 0 radical (unpaired) electrons. The first kappa shape index (κ1) is 11.5. The number of carbonyl (C=O) groups excluding carboxylic acids is 1. The summed E-state index contributed by atoms with van der Waals surface area (Å²) in [5, 5.41) is 8.70. The highest BCUT2D eigenvalue weighted by Crippen LogP contribution is 2.29. The maximum atomic E-state index is 11.6.